The second-order valence-electron chi connectivity index (χ2n) is 5.64. The normalized spacial score (nSPS) is 29.0. The van der Waals surface area contributed by atoms with E-state index in [2.05, 4.69) is 44.8 Å². The Bertz CT molecular complexity index is 189. The molecule has 0 radical (unpaired) electrons. The molecule has 15 heavy (non-hydrogen) atoms. The molecule has 2 atom stereocenters. The van der Waals surface area contributed by atoms with Crippen molar-refractivity contribution >= 4 is 0 Å². The van der Waals surface area contributed by atoms with E-state index in [1.807, 2.05) is 0 Å². The van der Waals surface area contributed by atoms with Crippen LogP contribution in [0.5, 0.6) is 0 Å². The van der Waals surface area contributed by atoms with Crippen molar-refractivity contribution in [1.29, 1.82) is 0 Å². The Morgan fingerprint density at radius 3 is 2.60 bits per heavy atom. The average molecular weight is 212 g/mol. The second-order valence-corrected chi connectivity index (χ2v) is 5.64. The molecule has 0 aromatic rings. The summed E-state index contributed by atoms with van der Waals surface area (Å²) in [5.74, 6) is 0. The summed E-state index contributed by atoms with van der Waals surface area (Å²) in [6, 6.07) is 1.47. The maximum Gasteiger partial charge on any atom is 0.0253 e. The fraction of sp³-hybridized carbons (Fsp3) is 1.00. The van der Waals surface area contributed by atoms with E-state index in [-0.39, 0.29) is 5.54 Å². The SMILES string of the molecule is CCCC(C)N1CC(C)(C)NCC1CC. The van der Waals surface area contributed by atoms with Gasteiger partial charge in [0.1, 0.15) is 0 Å². The molecule has 0 aromatic carbocycles. The van der Waals surface area contributed by atoms with Gasteiger partial charge >= 0.3 is 0 Å². The van der Waals surface area contributed by atoms with Crippen LogP contribution < -0.4 is 5.32 Å². The summed E-state index contributed by atoms with van der Waals surface area (Å²) in [4.78, 5) is 2.71. The van der Waals surface area contributed by atoms with Crippen LogP contribution in [0.25, 0.3) is 0 Å². The van der Waals surface area contributed by atoms with Crippen molar-refractivity contribution in [1.82, 2.24) is 10.2 Å². The van der Waals surface area contributed by atoms with Crippen LogP contribution >= 0.6 is 0 Å². The van der Waals surface area contributed by atoms with Gasteiger partial charge < -0.3 is 5.32 Å². The lowest BCUT2D eigenvalue weighted by atomic mass is 9.95. The van der Waals surface area contributed by atoms with Crippen LogP contribution in [0, 0.1) is 0 Å². The molecule has 2 nitrogen and oxygen atoms in total. The molecule has 0 aliphatic carbocycles. The minimum absolute atomic E-state index is 0.285. The monoisotopic (exact) mass is 212 g/mol. The van der Waals surface area contributed by atoms with Crippen molar-refractivity contribution in [3.63, 3.8) is 0 Å². The highest BCUT2D eigenvalue weighted by atomic mass is 15.3. The topological polar surface area (TPSA) is 15.3 Å². The van der Waals surface area contributed by atoms with Gasteiger partial charge in [-0.3, -0.25) is 4.90 Å². The first-order chi connectivity index (χ1) is 7.00. The van der Waals surface area contributed by atoms with Gasteiger partial charge in [0.05, 0.1) is 0 Å². The lowest BCUT2D eigenvalue weighted by Gasteiger charge is -2.47. The van der Waals surface area contributed by atoms with Gasteiger partial charge in [-0.25, -0.2) is 0 Å². The summed E-state index contributed by atoms with van der Waals surface area (Å²) >= 11 is 0. The Kier molecular flexibility index (Phi) is 4.60. The quantitative estimate of drug-likeness (QED) is 0.770. The van der Waals surface area contributed by atoms with E-state index in [4.69, 9.17) is 0 Å². The zero-order valence-electron chi connectivity index (χ0n) is 11.1. The summed E-state index contributed by atoms with van der Waals surface area (Å²) in [6.07, 6.45) is 3.88. The fourth-order valence-electron chi connectivity index (χ4n) is 2.63. The third kappa shape index (κ3) is 3.46. The highest BCUT2D eigenvalue weighted by molar-refractivity contribution is 4.93. The van der Waals surface area contributed by atoms with E-state index >= 15 is 0 Å². The van der Waals surface area contributed by atoms with Gasteiger partial charge in [0.2, 0.25) is 0 Å². The molecule has 2 unspecified atom stereocenters. The molecule has 1 rings (SSSR count). The number of nitrogens with one attached hydrogen (secondary N) is 1. The Hall–Kier alpha value is -0.0800. The first-order valence-electron chi connectivity index (χ1n) is 6.51. The maximum atomic E-state index is 3.64. The summed E-state index contributed by atoms with van der Waals surface area (Å²) < 4.78 is 0. The zero-order chi connectivity index (χ0) is 11.5. The molecule has 0 amide bonds. The molecule has 1 saturated heterocycles. The standard InChI is InChI=1S/C13H28N2/c1-6-8-11(3)15-10-13(4,5)14-9-12(15)7-2/h11-12,14H,6-10H2,1-5H3. The van der Waals surface area contributed by atoms with Crippen molar-refractivity contribution < 1.29 is 0 Å². The van der Waals surface area contributed by atoms with Gasteiger partial charge in [0, 0.05) is 30.7 Å². The van der Waals surface area contributed by atoms with Gasteiger partial charge in [0.15, 0.2) is 0 Å². The molecular formula is C13H28N2. The minimum Gasteiger partial charge on any atom is -0.309 e. The molecule has 1 heterocycles. The molecule has 1 aliphatic rings. The van der Waals surface area contributed by atoms with Gasteiger partial charge in [0.25, 0.3) is 0 Å². The summed E-state index contributed by atoms with van der Waals surface area (Å²) in [7, 11) is 0. The number of nitrogens with zero attached hydrogens (tertiary/aromatic N) is 1. The summed E-state index contributed by atoms with van der Waals surface area (Å²) in [6.45, 7) is 13.9. The number of hydrogen-bond donors (Lipinski definition) is 1. The van der Waals surface area contributed by atoms with Crippen molar-refractivity contribution in [3.05, 3.63) is 0 Å². The third-order valence-corrected chi connectivity index (χ3v) is 3.61. The van der Waals surface area contributed by atoms with Crippen LogP contribution in [0.2, 0.25) is 0 Å². The van der Waals surface area contributed by atoms with Crippen LogP contribution in [-0.2, 0) is 0 Å². The zero-order valence-corrected chi connectivity index (χ0v) is 11.1. The molecule has 1 N–H and O–H groups in total. The molecule has 0 aromatic heterocycles. The number of piperazine rings is 1. The Morgan fingerprint density at radius 2 is 2.07 bits per heavy atom. The maximum absolute atomic E-state index is 3.64. The first kappa shape index (κ1) is 13.0. The van der Waals surface area contributed by atoms with Crippen molar-refractivity contribution in [2.75, 3.05) is 13.1 Å². The fourth-order valence-corrected chi connectivity index (χ4v) is 2.63. The van der Waals surface area contributed by atoms with Crippen LogP contribution in [0.4, 0.5) is 0 Å². The van der Waals surface area contributed by atoms with Crippen LogP contribution in [-0.4, -0.2) is 35.6 Å². The van der Waals surface area contributed by atoms with E-state index < -0.39 is 0 Å². The van der Waals surface area contributed by atoms with E-state index in [1.165, 1.54) is 25.8 Å². The molecule has 0 saturated carbocycles. The van der Waals surface area contributed by atoms with E-state index in [0.29, 0.717) is 0 Å². The lowest BCUT2D eigenvalue weighted by Crippen LogP contribution is -2.63. The Labute approximate surface area is 95.4 Å². The molecule has 0 spiro atoms. The van der Waals surface area contributed by atoms with Crippen LogP contribution in [0.15, 0.2) is 0 Å². The molecular weight excluding hydrogens is 184 g/mol. The van der Waals surface area contributed by atoms with Gasteiger partial charge in [-0.15, -0.1) is 0 Å². The summed E-state index contributed by atoms with van der Waals surface area (Å²) in [5, 5.41) is 3.64. The lowest BCUT2D eigenvalue weighted by molar-refractivity contribution is 0.0549. The average Bonchev–Trinajstić information content (AvgIpc) is 2.17. The molecule has 0 bridgehead atoms. The number of hydrogen-bond acceptors (Lipinski definition) is 2. The molecule has 2 heteroatoms. The van der Waals surface area contributed by atoms with E-state index in [1.54, 1.807) is 0 Å². The Morgan fingerprint density at radius 1 is 1.40 bits per heavy atom. The molecule has 1 fully saturated rings. The predicted molar refractivity (Wildman–Crippen MR) is 67.2 cm³/mol. The van der Waals surface area contributed by atoms with Crippen molar-refractivity contribution in [3.8, 4) is 0 Å². The second kappa shape index (κ2) is 5.31. The van der Waals surface area contributed by atoms with Gasteiger partial charge in [-0.05, 0) is 33.6 Å². The third-order valence-electron chi connectivity index (χ3n) is 3.61. The smallest absolute Gasteiger partial charge is 0.0253 e. The Balaban J connectivity index is 2.62. The van der Waals surface area contributed by atoms with Crippen LogP contribution in [0.3, 0.4) is 0 Å². The summed E-state index contributed by atoms with van der Waals surface area (Å²) in [5.41, 5.74) is 0.285. The molecule has 90 valence electrons. The van der Waals surface area contributed by atoms with E-state index in [0.717, 1.165) is 18.6 Å². The minimum atomic E-state index is 0.285. The van der Waals surface area contributed by atoms with Gasteiger partial charge in [-0.1, -0.05) is 20.3 Å². The highest BCUT2D eigenvalue weighted by Crippen LogP contribution is 2.21. The molecule has 1 aliphatic heterocycles. The van der Waals surface area contributed by atoms with E-state index in [9.17, 15) is 0 Å². The highest BCUT2D eigenvalue weighted by Gasteiger charge is 2.33. The first-order valence-corrected chi connectivity index (χ1v) is 6.51. The largest absolute Gasteiger partial charge is 0.309 e. The van der Waals surface area contributed by atoms with Crippen LogP contribution in [0.1, 0.15) is 53.9 Å². The van der Waals surface area contributed by atoms with Gasteiger partial charge in [-0.2, -0.15) is 0 Å². The van der Waals surface area contributed by atoms with Crippen molar-refractivity contribution in [2.24, 2.45) is 0 Å². The van der Waals surface area contributed by atoms with Crippen molar-refractivity contribution in [2.45, 2.75) is 71.5 Å². The number of rotatable bonds is 4. The predicted octanol–water partition coefficient (Wildman–Crippen LogP) is 2.64.